The van der Waals surface area contributed by atoms with Crippen LogP contribution < -0.4 is 0 Å². The minimum atomic E-state index is -0.0448. The standard InChI is InChI=1S/C16H20N4O2/c1-3-22-11-13-10-20(9-12-8-18-19(2)15(12)13)16(21)14-6-4-5-7-17-14/h4-8,13H,3,9-11H2,1-2H3/t13-/m1/s1. The van der Waals surface area contributed by atoms with E-state index in [1.54, 1.807) is 12.3 Å². The number of carbonyl (C=O) groups is 1. The Morgan fingerprint density at radius 2 is 2.32 bits per heavy atom. The van der Waals surface area contributed by atoms with Crippen LogP contribution in [-0.4, -0.2) is 45.3 Å². The van der Waals surface area contributed by atoms with E-state index in [1.807, 2.05) is 41.9 Å². The molecule has 0 fully saturated rings. The summed E-state index contributed by atoms with van der Waals surface area (Å²) < 4.78 is 7.48. The first-order valence-corrected chi connectivity index (χ1v) is 7.49. The zero-order valence-electron chi connectivity index (χ0n) is 12.9. The molecule has 1 aliphatic heterocycles. The highest BCUT2D eigenvalue weighted by Gasteiger charge is 2.31. The molecule has 1 atom stereocenters. The van der Waals surface area contributed by atoms with Crippen LogP contribution in [0.3, 0.4) is 0 Å². The van der Waals surface area contributed by atoms with Gasteiger partial charge in [-0.2, -0.15) is 5.10 Å². The molecule has 0 N–H and O–H groups in total. The first-order chi connectivity index (χ1) is 10.7. The summed E-state index contributed by atoms with van der Waals surface area (Å²) in [7, 11) is 1.94. The molecular formula is C16H20N4O2. The van der Waals surface area contributed by atoms with Gasteiger partial charge in [-0.3, -0.25) is 14.5 Å². The van der Waals surface area contributed by atoms with E-state index in [0.29, 0.717) is 32.0 Å². The number of ether oxygens (including phenoxy) is 1. The molecule has 0 saturated carbocycles. The normalized spacial score (nSPS) is 17.4. The second-order valence-electron chi connectivity index (χ2n) is 5.44. The molecule has 22 heavy (non-hydrogen) atoms. The SMILES string of the molecule is CCOC[C@H]1CN(C(=O)c2ccccn2)Cc2cnn(C)c21. The number of hydrogen-bond acceptors (Lipinski definition) is 4. The molecule has 2 aromatic rings. The molecule has 116 valence electrons. The zero-order chi connectivity index (χ0) is 15.5. The molecule has 0 radical (unpaired) electrons. The number of rotatable bonds is 4. The third-order valence-electron chi connectivity index (χ3n) is 3.95. The molecule has 2 aromatic heterocycles. The number of fused-ring (bicyclic) bond motifs is 1. The van der Waals surface area contributed by atoms with Gasteiger partial charge >= 0.3 is 0 Å². The van der Waals surface area contributed by atoms with Crippen LogP contribution >= 0.6 is 0 Å². The van der Waals surface area contributed by atoms with Crippen LogP contribution in [0, 0.1) is 0 Å². The lowest BCUT2D eigenvalue weighted by molar-refractivity contribution is 0.0642. The number of nitrogens with zero attached hydrogens (tertiary/aromatic N) is 4. The molecule has 1 aliphatic rings. The van der Waals surface area contributed by atoms with Crippen LogP contribution in [0.25, 0.3) is 0 Å². The van der Waals surface area contributed by atoms with Crippen LogP contribution in [0.15, 0.2) is 30.6 Å². The molecule has 0 saturated heterocycles. The van der Waals surface area contributed by atoms with Crippen LogP contribution in [0.4, 0.5) is 0 Å². The zero-order valence-corrected chi connectivity index (χ0v) is 12.9. The van der Waals surface area contributed by atoms with E-state index in [4.69, 9.17) is 4.74 Å². The molecular weight excluding hydrogens is 280 g/mol. The van der Waals surface area contributed by atoms with Gasteiger partial charge in [0.1, 0.15) is 5.69 Å². The third kappa shape index (κ3) is 2.74. The molecule has 0 spiro atoms. The average Bonchev–Trinajstić information content (AvgIpc) is 2.94. The van der Waals surface area contributed by atoms with Crippen molar-refractivity contribution >= 4 is 5.91 Å². The first kappa shape index (κ1) is 14.7. The van der Waals surface area contributed by atoms with E-state index in [1.165, 1.54) is 5.69 Å². The highest BCUT2D eigenvalue weighted by atomic mass is 16.5. The second kappa shape index (κ2) is 6.27. The summed E-state index contributed by atoms with van der Waals surface area (Å²) in [6.07, 6.45) is 3.48. The quantitative estimate of drug-likeness (QED) is 0.860. The van der Waals surface area contributed by atoms with E-state index >= 15 is 0 Å². The van der Waals surface area contributed by atoms with Gasteiger partial charge in [0.05, 0.1) is 18.5 Å². The molecule has 3 rings (SSSR count). The molecule has 6 nitrogen and oxygen atoms in total. The lowest BCUT2D eigenvalue weighted by Crippen LogP contribution is -2.40. The lowest BCUT2D eigenvalue weighted by atomic mass is 9.96. The summed E-state index contributed by atoms with van der Waals surface area (Å²) >= 11 is 0. The fraction of sp³-hybridized carbons (Fsp3) is 0.438. The van der Waals surface area contributed by atoms with Gasteiger partial charge < -0.3 is 9.64 Å². The van der Waals surface area contributed by atoms with E-state index in [0.717, 1.165) is 5.56 Å². The number of hydrogen-bond donors (Lipinski definition) is 0. The molecule has 1 amide bonds. The van der Waals surface area contributed by atoms with Crippen molar-refractivity contribution in [1.29, 1.82) is 0 Å². The third-order valence-corrected chi connectivity index (χ3v) is 3.95. The van der Waals surface area contributed by atoms with Gasteiger partial charge in [0.2, 0.25) is 0 Å². The minimum absolute atomic E-state index is 0.0448. The second-order valence-corrected chi connectivity index (χ2v) is 5.44. The lowest BCUT2D eigenvalue weighted by Gasteiger charge is -2.32. The molecule has 6 heteroatoms. The van der Waals surface area contributed by atoms with E-state index in [9.17, 15) is 4.79 Å². The molecule has 0 aromatic carbocycles. The highest BCUT2D eigenvalue weighted by Crippen LogP contribution is 2.28. The monoisotopic (exact) mass is 300 g/mol. The van der Waals surface area contributed by atoms with Crippen molar-refractivity contribution in [3.63, 3.8) is 0 Å². The Morgan fingerprint density at radius 3 is 3.05 bits per heavy atom. The number of aromatic nitrogens is 3. The largest absolute Gasteiger partial charge is 0.381 e. The Morgan fingerprint density at radius 1 is 1.45 bits per heavy atom. The van der Waals surface area contributed by atoms with Gasteiger partial charge in [0.15, 0.2) is 0 Å². The molecule has 0 unspecified atom stereocenters. The van der Waals surface area contributed by atoms with Crippen molar-refractivity contribution in [2.24, 2.45) is 7.05 Å². The van der Waals surface area contributed by atoms with E-state index in [-0.39, 0.29) is 11.8 Å². The van der Waals surface area contributed by atoms with Gasteiger partial charge in [0.25, 0.3) is 5.91 Å². The fourth-order valence-electron chi connectivity index (χ4n) is 2.96. The smallest absolute Gasteiger partial charge is 0.272 e. The summed E-state index contributed by atoms with van der Waals surface area (Å²) in [4.78, 5) is 18.6. The van der Waals surface area contributed by atoms with Crippen LogP contribution in [0.2, 0.25) is 0 Å². The van der Waals surface area contributed by atoms with Crippen molar-refractivity contribution in [2.75, 3.05) is 19.8 Å². The topological polar surface area (TPSA) is 60.2 Å². The van der Waals surface area contributed by atoms with Crippen LogP contribution in [0.5, 0.6) is 0 Å². The van der Waals surface area contributed by atoms with Gasteiger partial charge in [-0.15, -0.1) is 0 Å². The predicted octanol–water partition coefficient (Wildman–Crippen LogP) is 1.59. The number of amides is 1. The Labute approximate surface area is 129 Å². The Hall–Kier alpha value is -2.21. The Bertz CT molecular complexity index is 653. The minimum Gasteiger partial charge on any atom is -0.381 e. The maximum Gasteiger partial charge on any atom is 0.272 e. The van der Waals surface area contributed by atoms with Crippen LogP contribution in [-0.2, 0) is 18.3 Å². The molecule has 3 heterocycles. The summed E-state index contributed by atoms with van der Waals surface area (Å²) in [5.74, 6) is 0.0977. The number of carbonyl (C=O) groups excluding carboxylic acids is 1. The van der Waals surface area contributed by atoms with Gasteiger partial charge in [-0.25, -0.2) is 0 Å². The van der Waals surface area contributed by atoms with Crippen LogP contribution in [0.1, 0.15) is 34.6 Å². The predicted molar refractivity (Wildman–Crippen MR) is 81.4 cm³/mol. The van der Waals surface area contributed by atoms with Crippen molar-refractivity contribution in [2.45, 2.75) is 19.4 Å². The van der Waals surface area contributed by atoms with Crippen molar-refractivity contribution in [3.05, 3.63) is 47.5 Å². The van der Waals surface area contributed by atoms with Crippen molar-refractivity contribution in [3.8, 4) is 0 Å². The van der Waals surface area contributed by atoms with Crippen molar-refractivity contribution < 1.29 is 9.53 Å². The van der Waals surface area contributed by atoms with E-state index in [2.05, 4.69) is 10.1 Å². The summed E-state index contributed by atoms with van der Waals surface area (Å²) in [5, 5.41) is 4.33. The van der Waals surface area contributed by atoms with Gasteiger partial charge in [-0.1, -0.05) is 6.07 Å². The highest BCUT2D eigenvalue weighted by molar-refractivity contribution is 5.92. The maximum atomic E-state index is 12.6. The van der Waals surface area contributed by atoms with Gasteiger partial charge in [-0.05, 0) is 19.1 Å². The maximum absolute atomic E-state index is 12.6. The number of aryl methyl sites for hydroxylation is 1. The molecule has 0 aliphatic carbocycles. The Balaban J connectivity index is 1.85. The summed E-state index contributed by atoms with van der Waals surface area (Å²) in [5.41, 5.74) is 2.73. The first-order valence-electron chi connectivity index (χ1n) is 7.49. The fourth-order valence-corrected chi connectivity index (χ4v) is 2.96. The van der Waals surface area contributed by atoms with Gasteiger partial charge in [0, 0.05) is 44.4 Å². The molecule has 0 bridgehead atoms. The van der Waals surface area contributed by atoms with E-state index < -0.39 is 0 Å². The number of pyridine rings is 1. The summed E-state index contributed by atoms with van der Waals surface area (Å²) in [6.45, 7) is 4.43. The van der Waals surface area contributed by atoms with Crippen molar-refractivity contribution in [1.82, 2.24) is 19.7 Å². The Kier molecular flexibility index (Phi) is 4.20. The average molecular weight is 300 g/mol. The summed E-state index contributed by atoms with van der Waals surface area (Å²) in [6, 6.07) is 5.39.